The highest BCUT2D eigenvalue weighted by Gasteiger charge is 1.99. The predicted octanol–water partition coefficient (Wildman–Crippen LogP) is 2.70. The molecule has 0 heterocycles. The minimum atomic E-state index is 0.694. The fourth-order valence-corrected chi connectivity index (χ4v) is 0.772. The van der Waals surface area contributed by atoms with Crippen molar-refractivity contribution in [3.63, 3.8) is 0 Å². The monoisotopic (exact) mass is 161 g/mol. The van der Waals surface area contributed by atoms with Crippen molar-refractivity contribution in [2.75, 3.05) is 0 Å². The van der Waals surface area contributed by atoms with Crippen molar-refractivity contribution in [3.8, 4) is 0 Å². The first-order valence-corrected chi connectivity index (χ1v) is 3.74. The van der Waals surface area contributed by atoms with Crippen LogP contribution in [0.15, 0.2) is 60.9 Å². The Morgan fingerprint density at radius 3 is 2.25 bits per heavy atom. The molecule has 0 rings (SSSR count). The quantitative estimate of drug-likeness (QED) is 0.630. The second-order valence-electron chi connectivity index (χ2n) is 2.29. The van der Waals surface area contributed by atoms with Gasteiger partial charge in [-0.3, -0.25) is 0 Å². The lowest BCUT2D eigenvalue weighted by Crippen LogP contribution is -2.01. The van der Waals surface area contributed by atoms with Crippen molar-refractivity contribution < 1.29 is 0 Å². The summed E-state index contributed by atoms with van der Waals surface area (Å²) in [6.45, 7) is 12.9. The van der Waals surface area contributed by atoms with Crippen LogP contribution in [0.5, 0.6) is 0 Å². The molecule has 12 heavy (non-hydrogen) atoms. The van der Waals surface area contributed by atoms with Gasteiger partial charge in [-0.15, -0.1) is 0 Å². The maximum Gasteiger partial charge on any atom is 0.0350 e. The van der Waals surface area contributed by atoms with Crippen LogP contribution in [0.25, 0.3) is 0 Å². The average molecular weight is 161 g/mol. The molecule has 0 aliphatic rings. The first kappa shape index (κ1) is 10.5. The van der Waals surface area contributed by atoms with Crippen LogP contribution in [0.2, 0.25) is 0 Å². The van der Waals surface area contributed by atoms with Gasteiger partial charge in [-0.1, -0.05) is 44.0 Å². The van der Waals surface area contributed by atoms with Crippen molar-refractivity contribution in [2.45, 2.75) is 6.92 Å². The van der Waals surface area contributed by atoms with Gasteiger partial charge in [0.25, 0.3) is 0 Å². The van der Waals surface area contributed by atoms with Crippen molar-refractivity contribution >= 4 is 0 Å². The predicted molar refractivity (Wildman–Crippen MR) is 55.6 cm³/mol. The van der Waals surface area contributed by atoms with Gasteiger partial charge >= 0.3 is 0 Å². The number of nitrogens with two attached hydrogens (primary N) is 1. The van der Waals surface area contributed by atoms with Gasteiger partial charge in [0.15, 0.2) is 0 Å². The molecule has 1 nitrogen and oxygen atoms in total. The Bertz CT molecular complexity index is 250. The van der Waals surface area contributed by atoms with Crippen molar-refractivity contribution in [2.24, 2.45) is 5.73 Å². The Balaban J connectivity index is 4.92. The molecule has 0 amide bonds. The van der Waals surface area contributed by atoms with Crippen LogP contribution in [-0.4, -0.2) is 0 Å². The molecule has 0 spiro atoms. The first-order chi connectivity index (χ1) is 5.67. The normalized spacial score (nSPS) is 12.4. The third-order valence-electron chi connectivity index (χ3n) is 1.50. The van der Waals surface area contributed by atoms with E-state index in [0.717, 1.165) is 11.1 Å². The highest BCUT2D eigenvalue weighted by Crippen LogP contribution is 2.14. The van der Waals surface area contributed by atoms with E-state index in [9.17, 15) is 0 Å². The molecular weight excluding hydrogens is 146 g/mol. The number of rotatable bonds is 4. The molecule has 0 saturated heterocycles. The molecule has 0 radical (unpaired) electrons. The highest BCUT2D eigenvalue weighted by molar-refractivity contribution is 5.49. The Hall–Kier alpha value is -1.50. The highest BCUT2D eigenvalue weighted by atomic mass is 14.6. The van der Waals surface area contributed by atoms with Gasteiger partial charge in [-0.25, -0.2) is 0 Å². The van der Waals surface area contributed by atoms with Crippen molar-refractivity contribution in [1.29, 1.82) is 0 Å². The molecule has 0 aromatic heterocycles. The Labute approximate surface area is 74.3 Å². The second-order valence-corrected chi connectivity index (χ2v) is 2.29. The van der Waals surface area contributed by atoms with Crippen LogP contribution in [0.1, 0.15) is 6.92 Å². The third-order valence-corrected chi connectivity index (χ3v) is 1.50. The molecule has 0 atom stereocenters. The summed E-state index contributed by atoms with van der Waals surface area (Å²) in [6, 6.07) is 0. The molecular formula is C11H15N. The van der Waals surface area contributed by atoms with Crippen LogP contribution in [-0.2, 0) is 0 Å². The van der Waals surface area contributed by atoms with Gasteiger partial charge < -0.3 is 5.73 Å². The summed E-state index contributed by atoms with van der Waals surface area (Å²) < 4.78 is 0. The SMILES string of the molecule is C=C/C=C(C(=C)C=C)/C(N)=C\C. The van der Waals surface area contributed by atoms with E-state index >= 15 is 0 Å². The fraction of sp³-hybridized carbons (Fsp3) is 0.0909. The van der Waals surface area contributed by atoms with E-state index in [-0.39, 0.29) is 0 Å². The van der Waals surface area contributed by atoms with E-state index in [0.29, 0.717) is 5.70 Å². The molecule has 0 aliphatic heterocycles. The van der Waals surface area contributed by atoms with Gasteiger partial charge in [-0.05, 0) is 12.5 Å². The summed E-state index contributed by atoms with van der Waals surface area (Å²) in [5.74, 6) is 0. The summed E-state index contributed by atoms with van der Waals surface area (Å²) in [4.78, 5) is 0. The van der Waals surface area contributed by atoms with Gasteiger partial charge in [0.2, 0.25) is 0 Å². The maximum atomic E-state index is 5.72. The van der Waals surface area contributed by atoms with E-state index in [2.05, 4.69) is 19.7 Å². The zero-order valence-corrected chi connectivity index (χ0v) is 7.51. The van der Waals surface area contributed by atoms with E-state index in [4.69, 9.17) is 5.73 Å². The van der Waals surface area contributed by atoms with Gasteiger partial charge in [-0.2, -0.15) is 0 Å². The lowest BCUT2D eigenvalue weighted by molar-refractivity contribution is 1.30. The summed E-state index contributed by atoms with van der Waals surface area (Å²) in [6.07, 6.45) is 7.00. The molecule has 2 N–H and O–H groups in total. The van der Waals surface area contributed by atoms with Crippen LogP contribution < -0.4 is 5.73 Å². The molecule has 0 bridgehead atoms. The third kappa shape index (κ3) is 2.62. The Morgan fingerprint density at radius 1 is 1.33 bits per heavy atom. The largest absolute Gasteiger partial charge is 0.398 e. The summed E-state index contributed by atoms with van der Waals surface area (Å²) in [5.41, 5.74) is 8.10. The smallest absolute Gasteiger partial charge is 0.0350 e. The van der Waals surface area contributed by atoms with Crippen molar-refractivity contribution in [1.82, 2.24) is 0 Å². The average Bonchev–Trinajstić information content (AvgIpc) is 2.11. The summed E-state index contributed by atoms with van der Waals surface area (Å²) in [5, 5.41) is 0. The number of hydrogen-bond acceptors (Lipinski definition) is 1. The number of hydrogen-bond donors (Lipinski definition) is 1. The van der Waals surface area contributed by atoms with Crippen LogP contribution in [0, 0.1) is 0 Å². The minimum absolute atomic E-state index is 0.694. The molecule has 0 saturated carbocycles. The lowest BCUT2D eigenvalue weighted by atomic mass is 10.0. The Kier molecular flexibility index (Phi) is 4.54. The lowest BCUT2D eigenvalue weighted by Gasteiger charge is -2.05. The number of allylic oxidation sites excluding steroid dienone is 5. The second kappa shape index (κ2) is 5.19. The molecule has 64 valence electrons. The van der Waals surface area contributed by atoms with Gasteiger partial charge in [0.05, 0.1) is 0 Å². The Morgan fingerprint density at radius 2 is 1.92 bits per heavy atom. The molecule has 0 unspecified atom stereocenters. The summed E-state index contributed by atoms with van der Waals surface area (Å²) in [7, 11) is 0. The van der Waals surface area contributed by atoms with E-state index in [1.807, 2.05) is 19.1 Å². The zero-order valence-electron chi connectivity index (χ0n) is 7.51. The van der Waals surface area contributed by atoms with Crippen LogP contribution >= 0.6 is 0 Å². The van der Waals surface area contributed by atoms with E-state index in [1.54, 1.807) is 12.2 Å². The first-order valence-electron chi connectivity index (χ1n) is 3.74. The topological polar surface area (TPSA) is 26.0 Å². The van der Waals surface area contributed by atoms with E-state index in [1.165, 1.54) is 0 Å². The molecule has 0 aliphatic carbocycles. The van der Waals surface area contributed by atoms with Crippen molar-refractivity contribution in [3.05, 3.63) is 60.9 Å². The molecule has 0 aromatic carbocycles. The molecule has 0 fully saturated rings. The molecule has 1 heteroatoms. The van der Waals surface area contributed by atoms with Crippen LogP contribution in [0.4, 0.5) is 0 Å². The fourth-order valence-electron chi connectivity index (χ4n) is 0.772. The zero-order chi connectivity index (χ0) is 9.56. The standard InChI is InChI=1S/C11H15N/c1-5-8-10(9(4)6-2)11(12)7-3/h5-8H,1-2,4,12H2,3H3/b10-8+,11-7+. The van der Waals surface area contributed by atoms with E-state index < -0.39 is 0 Å². The van der Waals surface area contributed by atoms with Gasteiger partial charge in [0, 0.05) is 11.3 Å². The molecule has 0 aromatic rings. The maximum absolute atomic E-state index is 5.72. The summed E-state index contributed by atoms with van der Waals surface area (Å²) >= 11 is 0. The van der Waals surface area contributed by atoms with Crippen LogP contribution in [0.3, 0.4) is 0 Å². The van der Waals surface area contributed by atoms with Gasteiger partial charge in [0.1, 0.15) is 0 Å². The minimum Gasteiger partial charge on any atom is -0.398 e.